The van der Waals surface area contributed by atoms with Crippen LogP contribution < -0.4 is 5.32 Å². The van der Waals surface area contributed by atoms with Gasteiger partial charge in [0.1, 0.15) is 10.8 Å². The molecule has 1 saturated carbocycles. The summed E-state index contributed by atoms with van der Waals surface area (Å²) in [5.74, 6) is 1.15. The Morgan fingerprint density at radius 2 is 1.90 bits per heavy atom. The second-order valence-corrected chi connectivity index (χ2v) is 6.67. The number of anilines is 1. The quantitative estimate of drug-likeness (QED) is 0.803. The topological polar surface area (TPSA) is 27.6 Å². The minimum Gasteiger partial charge on any atom is -0.352 e. The van der Waals surface area contributed by atoms with Crippen LogP contribution in [0.2, 0.25) is 0 Å². The monoisotopic (exact) mass is 299 g/mol. The number of hydrogen-bond donors (Lipinski definition) is 1. The van der Waals surface area contributed by atoms with Gasteiger partial charge in [0, 0.05) is 17.8 Å². The van der Waals surface area contributed by atoms with E-state index in [2.05, 4.69) is 34.5 Å². The highest BCUT2D eigenvalue weighted by Crippen LogP contribution is 2.31. The molecule has 4 rings (SSSR count). The van der Waals surface area contributed by atoms with Crippen LogP contribution in [0.3, 0.4) is 0 Å². The zero-order chi connectivity index (χ0) is 14.2. The van der Waals surface area contributed by atoms with E-state index in [-0.39, 0.29) is 0 Å². The number of benzene rings is 1. The molecular weight excluding hydrogens is 278 g/mol. The number of rotatable bonds is 1. The second-order valence-electron chi connectivity index (χ2n) is 6.28. The number of nitrogens with zero attached hydrogens (tertiary/aromatic N) is 2. The zero-order valence-electron chi connectivity index (χ0n) is 12.2. The summed E-state index contributed by atoms with van der Waals surface area (Å²) in [6.45, 7) is 1.06. The van der Waals surface area contributed by atoms with Crippen molar-refractivity contribution in [2.75, 3.05) is 11.9 Å². The van der Waals surface area contributed by atoms with Gasteiger partial charge in [0.05, 0.1) is 12.1 Å². The molecule has 1 aromatic rings. The summed E-state index contributed by atoms with van der Waals surface area (Å²) in [7, 11) is 0. The minimum atomic E-state index is 0.352. The van der Waals surface area contributed by atoms with Gasteiger partial charge in [-0.05, 0) is 37.8 Å². The molecule has 1 N–H and O–H groups in total. The summed E-state index contributed by atoms with van der Waals surface area (Å²) >= 11 is 5.75. The first-order valence-corrected chi connectivity index (χ1v) is 8.48. The first kappa shape index (κ1) is 13.3. The molecule has 2 aliphatic heterocycles. The molecule has 0 amide bonds. The van der Waals surface area contributed by atoms with Crippen molar-refractivity contribution in [1.29, 1.82) is 0 Å². The number of nitrogens with one attached hydrogen (secondary N) is 1. The van der Waals surface area contributed by atoms with E-state index in [0.29, 0.717) is 12.1 Å². The standard InChI is InChI=1S/C17H21N3S/c21-17-13-8-3-4-9-14(13)19-16(15-10-5-11-20(15)17)18-12-6-1-2-7-12/h3-4,8-9,12,15H,1-2,5-7,10-11H2,(H,18,19)/t15-/m0/s1. The molecule has 1 atom stereocenters. The maximum Gasteiger partial charge on any atom is 0.124 e. The molecule has 3 nitrogen and oxygen atoms in total. The fourth-order valence-corrected chi connectivity index (χ4v) is 4.19. The van der Waals surface area contributed by atoms with Crippen LogP contribution in [-0.4, -0.2) is 34.4 Å². The van der Waals surface area contributed by atoms with Crippen molar-refractivity contribution in [2.24, 2.45) is 4.99 Å². The number of amidine groups is 1. The average Bonchev–Trinajstić information content (AvgIpc) is 3.15. The highest BCUT2D eigenvalue weighted by atomic mass is 32.1. The van der Waals surface area contributed by atoms with Gasteiger partial charge in [0.25, 0.3) is 0 Å². The Bertz CT molecular complexity index is 589. The molecule has 1 saturated heterocycles. The SMILES string of the molecule is S=C1c2ccccc2NC(=NC2CCCC2)[C@@H]2CCCN12. The van der Waals surface area contributed by atoms with Gasteiger partial charge in [-0.25, -0.2) is 0 Å². The fraction of sp³-hybridized carbons (Fsp3) is 0.529. The Hall–Kier alpha value is -1.42. The molecule has 3 aliphatic rings. The van der Waals surface area contributed by atoms with Gasteiger partial charge in [-0.2, -0.15) is 0 Å². The second kappa shape index (κ2) is 5.41. The molecule has 110 valence electrons. The molecule has 21 heavy (non-hydrogen) atoms. The lowest BCUT2D eigenvalue weighted by Gasteiger charge is -2.25. The van der Waals surface area contributed by atoms with Crippen molar-refractivity contribution >= 4 is 28.7 Å². The molecule has 0 aromatic heterocycles. The van der Waals surface area contributed by atoms with Crippen LogP contribution in [0.4, 0.5) is 5.69 Å². The van der Waals surface area contributed by atoms with E-state index < -0.39 is 0 Å². The van der Waals surface area contributed by atoms with Crippen LogP contribution in [0.15, 0.2) is 29.3 Å². The third-order valence-corrected chi connectivity index (χ3v) is 5.35. The average molecular weight is 299 g/mol. The molecule has 0 bridgehead atoms. The van der Waals surface area contributed by atoms with E-state index in [1.54, 1.807) is 0 Å². The summed E-state index contributed by atoms with van der Waals surface area (Å²) in [4.78, 5) is 8.44. The summed E-state index contributed by atoms with van der Waals surface area (Å²) in [5, 5.41) is 3.61. The number of para-hydroxylation sites is 1. The van der Waals surface area contributed by atoms with Gasteiger partial charge < -0.3 is 10.2 Å². The molecule has 0 radical (unpaired) electrons. The molecular formula is C17H21N3S. The third-order valence-electron chi connectivity index (χ3n) is 4.90. The molecule has 0 unspecified atom stereocenters. The van der Waals surface area contributed by atoms with E-state index >= 15 is 0 Å². The predicted octanol–water partition coefficient (Wildman–Crippen LogP) is 3.59. The summed E-state index contributed by atoms with van der Waals surface area (Å²) in [5.41, 5.74) is 2.27. The predicted molar refractivity (Wildman–Crippen MR) is 91.2 cm³/mol. The van der Waals surface area contributed by atoms with Crippen LogP contribution in [0.5, 0.6) is 0 Å². The van der Waals surface area contributed by atoms with Gasteiger partial charge in [-0.3, -0.25) is 4.99 Å². The van der Waals surface area contributed by atoms with E-state index in [0.717, 1.165) is 35.0 Å². The third kappa shape index (κ3) is 2.35. The number of fused-ring (bicyclic) bond motifs is 2. The van der Waals surface area contributed by atoms with Crippen molar-refractivity contribution < 1.29 is 0 Å². The maximum atomic E-state index is 5.75. The van der Waals surface area contributed by atoms with E-state index in [9.17, 15) is 0 Å². The van der Waals surface area contributed by atoms with Crippen LogP contribution in [0, 0.1) is 0 Å². The Balaban J connectivity index is 1.75. The lowest BCUT2D eigenvalue weighted by molar-refractivity contribution is 0.474. The van der Waals surface area contributed by atoms with Crippen molar-refractivity contribution in [3.63, 3.8) is 0 Å². The highest BCUT2D eigenvalue weighted by Gasteiger charge is 2.35. The lowest BCUT2D eigenvalue weighted by atomic mass is 10.1. The molecule has 1 aromatic carbocycles. The van der Waals surface area contributed by atoms with E-state index in [1.807, 2.05) is 0 Å². The zero-order valence-corrected chi connectivity index (χ0v) is 13.0. The van der Waals surface area contributed by atoms with Crippen LogP contribution in [0.25, 0.3) is 0 Å². The van der Waals surface area contributed by atoms with Crippen molar-refractivity contribution in [3.05, 3.63) is 29.8 Å². The lowest BCUT2D eigenvalue weighted by Crippen LogP contribution is -2.40. The number of hydrogen-bond acceptors (Lipinski definition) is 2. The normalized spacial score (nSPS) is 27.4. The van der Waals surface area contributed by atoms with Gasteiger partial charge >= 0.3 is 0 Å². The van der Waals surface area contributed by atoms with Gasteiger partial charge in [0.15, 0.2) is 0 Å². The summed E-state index contributed by atoms with van der Waals surface area (Å²) < 4.78 is 0. The van der Waals surface area contributed by atoms with Crippen molar-refractivity contribution in [1.82, 2.24) is 4.90 Å². The molecule has 1 aliphatic carbocycles. The Labute approximate surface area is 131 Å². The van der Waals surface area contributed by atoms with Gasteiger partial charge in [-0.1, -0.05) is 37.2 Å². The number of aliphatic imine (C=N–C) groups is 1. The summed E-state index contributed by atoms with van der Waals surface area (Å²) in [6, 6.07) is 9.24. The Kier molecular flexibility index (Phi) is 3.42. The molecule has 2 fully saturated rings. The molecule has 2 heterocycles. The first-order chi connectivity index (χ1) is 10.3. The number of thiocarbonyl (C=S) groups is 1. The van der Waals surface area contributed by atoms with Crippen LogP contribution in [-0.2, 0) is 0 Å². The Morgan fingerprint density at radius 1 is 1.10 bits per heavy atom. The van der Waals surface area contributed by atoms with Gasteiger partial charge in [-0.15, -0.1) is 0 Å². The highest BCUT2D eigenvalue weighted by molar-refractivity contribution is 7.80. The summed E-state index contributed by atoms with van der Waals surface area (Å²) in [6.07, 6.45) is 7.49. The van der Waals surface area contributed by atoms with Crippen LogP contribution >= 0.6 is 12.2 Å². The van der Waals surface area contributed by atoms with Crippen molar-refractivity contribution in [3.8, 4) is 0 Å². The minimum absolute atomic E-state index is 0.352. The fourth-order valence-electron chi connectivity index (χ4n) is 3.80. The Morgan fingerprint density at radius 3 is 2.76 bits per heavy atom. The maximum absolute atomic E-state index is 5.75. The van der Waals surface area contributed by atoms with Gasteiger partial charge in [0.2, 0.25) is 0 Å². The molecule has 0 spiro atoms. The largest absolute Gasteiger partial charge is 0.352 e. The van der Waals surface area contributed by atoms with E-state index in [4.69, 9.17) is 17.2 Å². The van der Waals surface area contributed by atoms with E-state index in [1.165, 1.54) is 32.1 Å². The first-order valence-electron chi connectivity index (χ1n) is 8.07. The smallest absolute Gasteiger partial charge is 0.124 e. The molecule has 4 heteroatoms. The van der Waals surface area contributed by atoms with Crippen molar-refractivity contribution in [2.45, 2.75) is 50.6 Å². The van der Waals surface area contributed by atoms with Crippen LogP contribution in [0.1, 0.15) is 44.1 Å².